The van der Waals surface area contributed by atoms with Gasteiger partial charge in [0.25, 0.3) is 0 Å². The Morgan fingerprint density at radius 3 is 1.50 bits per heavy atom. The van der Waals surface area contributed by atoms with E-state index in [9.17, 15) is 0 Å². The molecule has 1 nitrogen and oxygen atoms in total. The predicted molar refractivity (Wildman–Crippen MR) is 130 cm³/mol. The first-order valence-electron chi connectivity index (χ1n) is 12.8. The zero-order valence-electron chi connectivity index (χ0n) is 20.3. The summed E-state index contributed by atoms with van der Waals surface area (Å²) >= 11 is 0. The average molecular weight is 394 g/mol. The van der Waals surface area contributed by atoms with Crippen molar-refractivity contribution in [3.8, 4) is 0 Å². The Labute approximate surface area is 179 Å². The molecule has 0 bridgehead atoms. The second kappa shape index (κ2) is 18.7. The minimum Gasteiger partial charge on any atom is -0.328 e. The van der Waals surface area contributed by atoms with E-state index in [1.807, 2.05) is 0 Å². The molecule has 0 aliphatic heterocycles. The van der Waals surface area contributed by atoms with Gasteiger partial charge in [0.15, 0.2) is 0 Å². The maximum absolute atomic E-state index is 5.87. The first-order chi connectivity index (χ1) is 13.4. The summed E-state index contributed by atoms with van der Waals surface area (Å²) < 4.78 is 0. The smallest absolute Gasteiger partial charge is 0.00104 e. The quantitative estimate of drug-likeness (QED) is 0.152. The van der Waals surface area contributed by atoms with Crippen molar-refractivity contribution < 1.29 is 0 Å². The summed E-state index contributed by atoms with van der Waals surface area (Å²) in [7, 11) is 0. The van der Waals surface area contributed by atoms with Crippen molar-refractivity contribution in [2.24, 2.45) is 11.1 Å². The largest absolute Gasteiger partial charge is 0.328 e. The summed E-state index contributed by atoms with van der Waals surface area (Å²) in [6, 6.07) is 0.333. The van der Waals surface area contributed by atoms with Crippen molar-refractivity contribution in [2.75, 3.05) is 0 Å². The topological polar surface area (TPSA) is 26.0 Å². The van der Waals surface area contributed by atoms with Gasteiger partial charge in [-0.3, -0.25) is 0 Å². The van der Waals surface area contributed by atoms with E-state index in [1.165, 1.54) is 121 Å². The molecule has 0 fully saturated rings. The Hall–Kier alpha value is -0.300. The van der Waals surface area contributed by atoms with E-state index >= 15 is 0 Å². The third-order valence-corrected chi connectivity index (χ3v) is 6.50. The average Bonchev–Trinajstić information content (AvgIpc) is 2.64. The summed E-state index contributed by atoms with van der Waals surface area (Å²) in [5.41, 5.74) is 7.61. The highest BCUT2D eigenvalue weighted by molar-refractivity contribution is 5.06. The molecule has 0 saturated carbocycles. The minimum atomic E-state index is 0.283. The van der Waals surface area contributed by atoms with Crippen molar-refractivity contribution in [3.05, 3.63) is 12.2 Å². The van der Waals surface area contributed by atoms with Gasteiger partial charge in [0.05, 0.1) is 0 Å². The second-order valence-electron chi connectivity index (χ2n) is 10.1. The van der Waals surface area contributed by atoms with Crippen molar-refractivity contribution >= 4 is 0 Å². The summed E-state index contributed by atoms with van der Waals surface area (Å²) in [5, 5.41) is 0. The maximum atomic E-state index is 5.87. The van der Waals surface area contributed by atoms with Crippen molar-refractivity contribution in [1.82, 2.24) is 0 Å². The molecule has 1 heteroatoms. The van der Waals surface area contributed by atoms with E-state index < -0.39 is 0 Å². The second-order valence-corrected chi connectivity index (χ2v) is 10.1. The number of allylic oxidation sites excluding steroid dienone is 1. The summed E-state index contributed by atoms with van der Waals surface area (Å²) in [5.74, 6) is 0. The normalized spacial score (nSPS) is 13.0. The Balaban J connectivity index is 3.39. The lowest BCUT2D eigenvalue weighted by atomic mass is 9.78. The molecule has 0 radical (unpaired) electrons. The van der Waals surface area contributed by atoms with Crippen molar-refractivity contribution in [3.63, 3.8) is 0 Å². The van der Waals surface area contributed by atoms with E-state index in [2.05, 4.69) is 34.3 Å². The molecule has 0 aromatic heterocycles. The molecule has 0 aliphatic carbocycles. The molecular formula is C27H55N. The summed E-state index contributed by atoms with van der Waals surface area (Å²) in [6.45, 7) is 13.5. The van der Waals surface area contributed by atoms with Crippen LogP contribution in [-0.2, 0) is 0 Å². The van der Waals surface area contributed by atoms with E-state index in [4.69, 9.17) is 5.73 Å². The van der Waals surface area contributed by atoms with Gasteiger partial charge in [-0.1, -0.05) is 129 Å². The van der Waals surface area contributed by atoms with E-state index in [0.29, 0.717) is 6.04 Å². The molecule has 0 heterocycles. The SMILES string of the molecule is C=C(CCCCCCCCCCCCCCCCC)C(C)(C)CCCC(C)N. The molecule has 0 aliphatic rings. The lowest BCUT2D eigenvalue weighted by Gasteiger charge is -2.28. The van der Waals surface area contributed by atoms with E-state index in [0.717, 1.165) is 6.42 Å². The third kappa shape index (κ3) is 17.8. The Bertz CT molecular complexity index is 342. The van der Waals surface area contributed by atoms with Crippen molar-refractivity contribution in [2.45, 2.75) is 156 Å². The molecule has 0 aromatic carbocycles. The number of rotatable bonds is 21. The molecule has 0 spiro atoms. The molecule has 0 rings (SSSR count). The third-order valence-electron chi connectivity index (χ3n) is 6.50. The fraction of sp³-hybridized carbons (Fsp3) is 0.926. The minimum absolute atomic E-state index is 0.283. The fourth-order valence-corrected chi connectivity index (χ4v) is 4.09. The van der Waals surface area contributed by atoms with Crippen LogP contribution >= 0.6 is 0 Å². The number of unbranched alkanes of at least 4 members (excludes halogenated alkanes) is 14. The predicted octanol–water partition coefficient (Wildman–Crippen LogP) is 9.35. The lowest BCUT2D eigenvalue weighted by Crippen LogP contribution is -2.18. The number of hydrogen-bond donors (Lipinski definition) is 1. The molecule has 1 unspecified atom stereocenters. The van der Waals surface area contributed by atoms with Gasteiger partial charge >= 0.3 is 0 Å². The van der Waals surface area contributed by atoms with Crippen LogP contribution in [0.1, 0.15) is 150 Å². The van der Waals surface area contributed by atoms with Crippen LogP contribution in [0.3, 0.4) is 0 Å². The first kappa shape index (κ1) is 27.7. The Morgan fingerprint density at radius 1 is 0.714 bits per heavy atom. The van der Waals surface area contributed by atoms with Gasteiger partial charge in [-0.05, 0) is 38.0 Å². The Kier molecular flexibility index (Phi) is 18.5. The van der Waals surface area contributed by atoms with Gasteiger partial charge in [0.1, 0.15) is 0 Å². The van der Waals surface area contributed by atoms with E-state index in [-0.39, 0.29) is 5.41 Å². The molecule has 28 heavy (non-hydrogen) atoms. The molecule has 1 atom stereocenters. The summed E-state index contributed by atoms with van der Waals surface area (Å²) in [4.78, 5) is 0. The highest BCUT2D eigenvalue weighted by Crippen LogP contribution is 2.34. The summed E-state index contributed by atoms with van der Waals surface area (Å²) in [6.07, 6.45) is 26.3. The van der Waals surface area contributed by atoms with Gasteiger partial charge in [-0.2, -0.15) is 0 Å². The van der Waals surface area contributed by atoms with Crippen LogP contribution < -0.4 is 5.73 Å². The molecule has 168 valence electrons. The maximum Gasteiger partial charge on any atom is 0.00104 e. The van der Waals surface area contributed by atoms with E-state index in [1.54, 1.807) is 0 Å². The molecule has 0 aromatic rings. The van der Waals surface area contributed by atoms with Crippen LogP contribution in [0.5, 0.6) is 0 Å². The van der Waals surface area contributed by atoms with Crippen LogP contribution in [-0.4, -0.2) is 6.04 Å². The molecule has 2 N–H and O–H groups in total. The zero-order valence-corrected chi connectivity index (χ0v) is 20.3. The van der Waals surface area contributed by atoms with Crippen LogP contribution in [0.15, 0.2) is 12.2 Å². The highest BCUT2D eigenvalue weighted by Gasteiger charge is 2.20. The van der Waals surface area contributed by atoms with Crippen LogP contribution in [0.4, 0.5) is 0 Å². The fourth-order valence-electron chi connectivity index (χ4n) is 4.09. The standard InChI is InChI=1S/C27H55N/c1-6-7-8-9-10-11-12-13-14-15-16-17-18-19-20-22-25(2)27(4,5)24-21-23-26(3)28/h26H,2,6-24,28H2,1,3-5H3. The van der Waals surface area contributed by atoms with Crippen LogP contribution in [0.2, 0.25) is 0 Å². The van der Waals surface area contributed by atoms with Gasteiger partial charge in [0.2, 0.25) is 0 Å². The van der Waals surface area contributed by atoms with Crippen molar-refractivity contribution in [1.29, 1.82) is 0 Å². The van der Waals surface area contributed by atoms with Gasteiger partial charge < -0.3 is 5.73 Å². The van der Waals surface area contributed by atoms with Gasteiger partial charge in [-0.25, -0.2) is 0 Å². The number of hydrogen-bond acceptors (Lipinski definition) is 1. The Morgan fingerprint density at radius 2 is 1.11 bits per heavy atom. The van der Waals surface area contributed by atoms with Crippen LogP contribution in [0.25, 0.3) is 0 Å². The number of nitrogens with two attached hydrogens (primary N) is 1. The monoisotopic (exact) mass is 393 g/mol. The molecule has 0 amide bonds. The molecular weight excluding hydrogens is 338 g/mol. The van der Waals surface area contributed by atoms with Gasteiger partial charge in [-0.15, -0.1) is 0 Å². The van der Waals surface area contributed by atoms with Crippen LogP contribution in [0, 0.1) is 5.41 Å². The zero-order chi connectivity index (χ0) is 21.1. The first-order valence-corrected chi connectivity index (χ1v) is 12.8. The van der Waals surface area contributed by atoms with Gasteiger partial charge in [0, 0.05) is 6.04 Å². The highest BCUT2D eigenvalue weighted by atomic mass is 14.6. The molecule has 0 saturated heterocycles. The lowest BCUT2D eigenvalue weighted by molar-refractivity contribution is 0.367.